The molecule has 2 fully saturated rings. The van der Waals surface area contributed by atoms with Gasteiger partial charge in [-0.15, -0.1) is 0 Å². The lowest BCUT2D eigenvalue weighted by Crippen LogP contribution is -2.43. The first-order chi connectivity index (χ1) is 8.33. The molecule has 100 valence electrons. The fourth-order valence-electron chi connectivity index (χ4n) is 3.28. The van der Waals surface area contributed by atoms with E-state index in [2.05, 4.69) is 11.6 Å². The highest BCUT2D eigenvalue weighted by molar-refractivity contribution is 7.98. The maximum atomic E-state index is 9.09. The lowest BCUT2D eigenvalue weighted by atomic mass is 9.82. The Morgan fingerprint density at radius 3 is 2.71 bits per heavy atom. The minimum absolute atomic E-state index is 0.316. The van der Waals surface area contributed by atoms with Gasteiger partial charge in [-0.05, 0) is 50.2 Å². The van der Waals surface area contributed by atoms with Crippen LogP contribution >= 0.6 is 11.8 Å². The molecule has 0 amide bonds. The molecule has 0 aromatic heterocycles. The Morgan fingerprint density at radius 1 is 1.24 bits per heavy atom. The minimum atomic E-state index is 0.316. The van der Waals surface area contributed by atoms with Crippen molar-refractivity contribution in [1.82, 2.24) is 5.32 Å². The van der Waals surface area contributed by atoms with Gasteiger partial charge >= 0.3 is 0 Å². The highest BCUT2D eigenvalue weighted by atomic mass is 32.2. The molecule has 3 atom stereocenters. The molecule has 2 saturated carbocycles. The molecule has 0 saturated heterocycles. The summed E-state index contributed by atoms with van der Waals surface area (Å²) in [6.07, 6.45) is 11.6. The predicted molar refractivity (Wildman–Crippen MR) is 75.5 cm³/mol. The van der Waals surface area contributed by atoms with Crippen molar-refractivity contribution >= 4 is 11.8 Å². The van der Waals surface area contributed by atoms with Crippen LogP contribution in [0.15, 0.2) is 0 Å². The number of hydrogen-bond acceptors (Lipinski definition) is 3. The first kappa shape index (κ1) is 13.7. The molecule has 0 heterocycles. The molecule has 0 radical (unpaired) electrons. The average molecular weight is 257 g/mol. The summed E-state index contributed by atoms with van der Waals surface area (Å²) >= 11 is 1.88. The zero-order valence-corrected chi connectivity index (χ0v) is 11.8. The van der Waals surface area contributed by atoms with E-state index >= 15 is 0 Å². The molecule has 0 aromatic rings. The summed E-state index contributed by atoms with van der Waals surface area (Å²) in [6, 6.07) is 1.23. The minimum Gasteiger partial charge on any atom is -0.396 e. The smallest absolute Gasteiger partial charge is 0.0446 e. The van der Waals surface area contributed by atoms with Gasteiger partial charge in [-0.25, -0.2) is 0 Å². The third-order valence-corrected chi connectivity index (χ3v) is 5.06. The normalized spacial score (nSPS) is 31.4. The SMILES string of the molecule is CSCC(CCO)NC1CCCC(C2CC2)C1. The molecular weight excluding hydrogens is 230 g/mol. The molecule has 2 aliphatic carbocycles. The summed E-state index contributed by atoms with van der Waals surface area (Å²) in [6.45, 7) is 0.316. The van der Waals surface area contributed by atoms with Gasteiger partial charge in [0.25, 0.3) is 0 Å². The van der Waals surface area contributed by atoms with Crippen LogP contribution in [0, 0.1) is 11.8 Å². The van der Waals surface area contributed by atoms with Crippen LogP contribution in [0.5, 0.6) is 0 Å². The fourth-order valence-corrected chi connectivity index (χ4v) is 3.95. The van der Waals surface area contributed by atoms with Gasteiger partial charge in [0.2, 0.25) is 0 Å². The van der Waals surface area contributed by atoms with Crippen LogP contribution in [0.1, 0.15) is 44.9 Å². The van der Waals surface area contributed by atoms with Gasteiger partial charge in [0.1, 0.15) is 0 Å². The largest absolute Gasteiger partial charge is 0.396 e. The number of hydrogen-bond donors (Lipinski definition) is 2. The summed E-state index contributed by atoms with van der Waals surface area (Å²) in [5.41, 5.74) is 0. The first-order valence-electron chi connectivity index (χ1n) is 7.19. The van der Waals surface area contributed by atoms with Crippen LogP contribution in [0.4, 0.5) is 0 Å². The van der Waals surface area contributed by atoms with Crippen LogP contribution in [-0.2, 0) is 0 Å². The molecule has 0 aromatic carbocycles. The van der Waals surface area contributed by atoms with Crippen molar-refractivity contribution in [1.29, 1.82) is 0 Å². The molecule has 3 unspecified atom stereocenters. The number of aliphatic hydroxyl groups excluding tert-OH is 1. The van der Waals surface area contributed by atoms with Crippen molar-refractivity contribution in [2.75, 3.05) is 18.6 Å². The molecule has 0 spiro atoms. The fraction of sp³-hybridized carbons (Fsp3) is 1.00. The van der Waals surface area contributed by atoms with E-state index < -0.39 is 0 Å². The van der Waals surface area contributed by atoms with Crippen LogP contribution in [0.25, 0.3) is 0 Å². The van der Waals surface area contributed by atoms with Crippen molar-refractivity contribution in [3.8, 4) is 0 Å². The van der Waals surface area contributed by atoms with E-state index in [1.807, 2.05) is 11.8 Å². The lowest BCUT2D eigenvalue weighted by molar-refractivity contribution is 0.226. The summed E-state index contributed by atoms with van der Waals surface area (Å²) in [7, 11) is 0. The first-order valence-corrected chi connectivity index (χ1v) is 8.58. The number of aliphatic hydroxyl groups is 1. The maximum absolute atomic E-state index is 9.09. The Labute approximate surface area is 110 Å². The van der Waals surface area contributed by atoms with Crippen LogP contribution in [0.3, 0.4) is 0 Å². The summed E-state index contributed by atoms with van der Waals surface area (Å²) < 4.78 is 0. The van der Waals surface area contributed by atoms with Gasteiger partial charge in [0.15, 0.2) is 0 Å². The quantitative estimate of drug-likeness (QED) is 0.735. The van der Waals surface area contributed by atoms with Crippen molar-refractivity contribution in [2.24, 2.45) is 11.8 Å². The van der Waals surface area contributed by atoms with Crippen LogP contribution in [0.2, 0.25) is 0 Å². The second-order valence-corrected chi connectivity index (χ2v) is 6.70. The van der Waals surface area contributed by atoms with Gasteiger partial charge in [-0.1, -0.05) is 12.8 Å². The molecule has 2 N–H and O–H groups in total. The highest BCUT2D eigenvalue weighted by Gasteiger charge is 2.34. The summed E-state index contributed by atoms with van der Waals surface area (Å²) in [4.78, 5) is 0. The maximum Gasteiger partial charge on any atom is 0.0446 e. The highest BCUT2D eigenvalue weighted by Crippen LogP contribution is 2.43. The topological polar surface area (TPSA) is 32.3 Å². The van der Waals surface area contributed by atoms with E-state index in [4.69, 9.17) is 5.11 Å². The Hall–Kier alpha value is 0.270. The van der Waals surface area contributed by atoms with E-state index in [0.717, 1.165) is 30.1 Å². The van der Waals surface area contributed by atoms with Crippen LogP contribution < -0.4 is 5.32 Å². The van der Waals surface area contributed by atoms with Crippen molar-refractivity contribution in [3.05, 3.63) is 0 Å². The van der Waals surface area contributed by atoms with Crippen molar-refractivity contribution in [2.45, 2.75) is 57.0 Å². The second kappa shape index (κ2) is 7.01. The molecule has 2 rings (SSSR count). The Kier molecular flexibility index (Phi) is 5.64. The van der Waals surface area contributed by atoms with E-state index in [1.54, 1.807) is 0 Å². The molecule has 0 aliphatic heterocycles. The number of rotatable bonds is 7. The third kappa shape index (κ3) is 4.46. The van der Waals surface area contributed by atoms with Gasteiger partial charge in [-0.3, -0.25) is 0 Å². The molecule has 0 bridgehead atoms. The van der Waals surface area contributed by atoms with E-state index in [-0.39, 0.29) is 0 Å². The molecule has 3 heteroatoms. The van der Waals surface area contributed by atoms with Crippen LogP contribution in [-0.4, -0.2) is 35.8 Å². The zero-order valence-electron chi connectivity index (χ0n) is 11.0. The van der Waals surface area contributed by atoms with E-state index in [9.17, 15) is 0 Å². The monoisotopic (exact) mass is 257 g/mol. The summed E-state index contributed by atoms with van der Waals surface area (Å²) in [5.74, 6) is 3.20. The molecule has 2 nitrogen and oxygen atoms in total. The standard InChI is InChI=1S/C14H27NOS/c1-17-10-14(7-8-16)15-13-4-2-3-12(9-13)11-5-6-11/h11-16H,2-10H2,1H3. The van der Waals surface area contributed by atoms with E-state index in [0.29, 0.717) is 12.6 Å². The Balaban J connectivity index is 1.75. The second-order valence-electron chi connectivity index (χ2n) is 5.79. The number of thioether (sulfide) groups is 1. The van der Waals surface area contributed by atoms with Crippen molar-refractivity contribution < 1.29 is 5.11 Å². The summed E-state index contributed by atoms with van der Waals surface area (Å²) in [5, 5.41) is 12.9. The van der Waals surface area contributed by atoms with Gasteiger partial charge < -0.3 is 10.4 Å². The molecular formula is C14H27NOS. The third-order valence-electron chi connectivity index (χ3n) is 4.32. The molecule has 2 aliphatic rings. The average Bonchev–Trinajstić information content (AvgIpc) is 3.14. The van der Waals surface area contributed by atoms with Gasteiger partial charge in [0, 0.05) is 24.4 Å². The predicted octanol–water partition coefficient (Wildman–Crippen LogP) is 2.66. The van der Waals surface area contributed by atoms with E-state index in [1.165, 1.54) is 38.5 Å². The zero-order chi connectivity index (χ0) is 12.1. The molecule has 17 heavy (non-hydrogen) atoms. The van der Waals surface area contributed by atoms with Gasteiger partial charge in [0.05, 0.1) is 0 Å². The van der Waals surface area contributed by atoms with Gasteiger partial charge in [-0.2, -0.15) is 11.8 Å². The Morgan fingerprint density at radius 2 is 2.06 bits per heavy atom. The Bertz CT molecular complexity index is 214. The lowest BCUT2D eigenvalue weighted by Gasteiger charge is -2.33. The number of nitrogens with one attached hydrogen (secondary N) is 1. The van der Waals surface area contributed by atoms with Crippen molar-refractivity contribution in [3.63, 3.8) is 0 Å².